The van der Waals surface area contributed by atoms with Crippen molar-refractivity contribution in [2.45, 2.75) is 0 Å². The third kappa shape index (κ3) is 6.43. The third-order valence-corrected chi connectivity index (χ3v) is 3.80. The zero-order valence-electron chi connectivity index (χ0n) is 14.1. The molecule has 0 unspecified atom stereocenters. The Labute approximate surface area is 181 Å². The van der Waals surface area contributed by atoms with Crippen LogP contribution in [0.4, 0.5) is 5.69 Å². The third-order valence-electron chi connectivity index (χ3n) is 3.55. The molecule has 0 atom stereocenters. The van der Waals surface area contributed by atoms with Gasteiger partial charge >= 0.3 is 42.6 Å². The molecule has 2 aromatic carbocycles. The van der Waals surface area contributed by atoms with Crippen LogP contribution < -0.4 is 0 Å². The van der Waals surface area contributed by atoms with Gasteiger partial charge < -0.3 is 9.15 Å². The topological polar surface area (TPSA) is 25.9 Å². The SMILES string of the molecule is C=[N+]([CH-]c1ccc(-c2ccc(Cl)cc2)[o+]1[CH2-])c1ccccc1O.[Cl][Ti]([Cl])[Cl]. The molecule has 3 aromatic rings. The minimum atomic E-state index is -1.92. The second-order valence-corrected chi connectivity index (χ2v) is 13.5. The van der Waals surface area contributed by atoms with Crippen LogP contribution in [0.2, 0.25) is 5.02 Å². The first-order chi connectivity index (χ1) is 12.8. The van der Waals surface area contributed by atoms with Gasteiger partial charge in [0.1, 0.15) is 18.1 Å². The number of hydrogen-bond donors (Lipinski definition) is 1. The zero-order chi connectivity index (χ0) is 20.0. The molecule has 1 N–H and O–H groups in total. The van der Waals surface area contributed by atoms with Crippen LogP contribution in [0.25, 0.3) is 11.3 Å². The summed E-state index contributed by atoms with van der Waals surface area (Å²) in [6, 6.07) is 18.4. The summed E-state index contributed by atoms with van der Waals surface area (Å²) in [4.78, 5) is 0. The first-order valence-corrected chi connectivity index (χ1v) is 14.4. The number of rotatable bonds is 4. The summed E-state index contributed by atoms with van der Waals surface area (Å²) in [6.07, 6.45) is 0. The van der Waals surface area contributed by atoms with Crippen LogP contribution in [-0.4, -0.2) is 16.4 Å². The monoisotopic (exact) mass is 478 g/mol. The van der Waals surface area contributed by atoms with Crippen LogP contribution in [0.3, 0.4) is 0 Å². The van der Waals surface area contributed by atoms with E-state index in [4.69, 9.17) is 39.5 Å². The van der Waals surface area contributed by atoms with Gasteiger partial charge in [0.15, 0.2) is 11.4 Å². The van der Waals surface area contributed by atoms with Crippen molar-refractivity contribution in [2.75, 3.05) is 0 Å². The first kappa shape index (κ1) is 22.1. The Morgan fingerprint density at radius 1 is 1.00 bits per heavy atom. The van der Waals surface area contributed by atoms with Crippen LogP contribution in [0.1, 0.15) is 5.76 Å². The van der Waals surface area contributed by atoms with Gasteiger partial charge in [0.05, 0.1) is 13.8 Å². The van der Waals surface area contributed by atoms with Crippen molar-refractivity contribution in [3.63, 3.8) is 0 Å². The molecule has 0 aliphatic carbocycles. The molecular weight excluding hydrogens is 464 g/mol. The fraction of sp³-hybridized carbons (Fsp3) is 0. The summed E-state index contributed by atoms with van der Waals surface area (Å²) in [7, 11) is 18.9. The second kappa shape index (κ2) is 10.4. The Morgan fingerprint density at radius 2 is 1.59 bits per heavy atom. The Balaban J connectivity index is 0.000000596. The normalized spacial score (nSPS) is 9.93. The fourth-order valence-electron chi connectivity index (χ4n) is 2.34. The van der Waals surface area contributed by atoms with E-state index in [2.05, 4.69) is 17.9 Å². The number of phenols is 1. The van der Waals surface area contributed by atoms with E-state index in [0.717, 1.165) is 17.1 Å². The molecule has 0 bridgehead atoms. The van der Waals surface area contributed by atoms with Gasteiger partial charge in [-0.05, 0) is 24.3 Å². The van der Waals surface area contributed by atoms with Gasteiger partial charge in [-0.3, -0.25) is 4.58 Å². The standard InChI is InChI=1S/C19H16ClNO2.3ClH.Ti/c1-21(17-5-3-4-6-18(17)22)13-16-11-12-19(23(16)2)14-7-9-15(20)10-8-14;;;;/h3-13,22H,1-2H2;3*1H;/q;;;;+3/p-3. The number of para-hydroxylation sites is 2. The molecule has 0 saturated carbocycles. The van der Waals surface area contributed by atoms with Gasteiger partial charge in [-0.1, -0.05) is 48.0 Å². The maximum atomic E-state index is 9.89. The van der Waals surface area contributed by atoms with Crippen molar-refractivity contribution >= 4 is 51.9 Å². The van der Waals surface area contributed by atoms with Crippen LogP contribution >= 0.6 is 39.5 Å². The summed E-state index contributed by atoms with van der Waals surface area (Å²) >= 11 is 4.00. The Bertz CT molecular complexity index is 908. The molecule has 1 heterocycles. The molecule has 8 heteroatoms. The average Bonchev–Trinajstić information content (AvgIpc) is 2.96. The summed E-state index contributed by atoms with van der Waals surface area (Å²) < 4.78 is 4.33. The predicted octanol–water partition coefficient (Wildman–Crippen LogP) is 7.25. The number of nitrogens with zero attached hydrogens (tertiary/aromatic N) is 1. The minimum absolute atomic E-state index is 0.170. The summed E-state index contributed by atoms with van der Waals surface area (Å²) in [5.41, 5.74) is 1.61. The average molecular weight is 480 g/mol. The quantitative estimate of drug-likeness (QED) is 0.138. The molecule has 141 valence electrons. The van der Waals surface area contributed by atoms with E-state index in [1.807, 2.05) is 42.5 Å². The molecule has 1 aromatic heterocycles. The van der Waals surface area contributed by atoms with Crippen LogP contribution in [0.15, 0.2) is 64.7 Å². The van der Waals surface area contributed by atoms with E-state index in [1.54, 1.807) is 29.3 Å². The van der Waals surface area contributed by atoms with Gasteiger partial charge in [0.2, 0.25) is 0 Å². The molecular formula is C19H16Cl4NO2Ti. The number of aromatic hydroxyl groups is 1. The summed E-state index contributed by atoms with van der Waals surface area (Å²) in [6.45, 7) is 5.73. The molecule has 0 aliphatic rings. The molecule has 0 aliphatic heterocycles. The summed E-state index contributed by atoms with van der Waals surface area (Å²) in [5.74, 6) is 1.84. The van der Waals surface area contributed by atoms with Crippen molar-refractivity contribution in [2.24, 2.45) is 0 Å². The number of phenolic OH excluding ortho intramolecular Hbond substituents is 1. The van der Waals surface area contributed by atoms with E-state index in [1.165, 1.54) is 0 Å². The molecule has 0 saturated heterocycles. The fourth-order valence-corrected chi connectivity index (χ4v) is 2.46. The molecule has 27 heavy (non-hydrogen) atoms. The zero-order valence-corrected chi connectivity index (χ0v) is 18.7. The molecule has 0 fully saturated rings. The van der Waals surface area contributed by atoms with Crippen molar-refractivity contribution in [1.29, 1.82) is 0 Å². The molecule has 0 amide bonds. The molecule has 3 nitrogen and oxygen atoms in total. The summed E-state index contributed by atoms with van der Waals surface area (Å²) in [5, 5.41) is 10.6. The van der Waals surface area contributed by atoms with E-state index in [0.29, 0.717) is 10.7 Å². The van der Waals surface area contributed by atoms with Gasteiger partial charge in [-0.25, -0.2) is 0 Å². The molecule has 0 spiro atoms. The molecule has 0 radical (unpaired) electrons. The number of hydrogen-bond acceptors (Lipinski definition) is 1. The van der Waals surface area contributed by atoms with Crippen LogP contribution in [0.5, 0.6) is 5.75 Å². The van der Waals surface area contributed by atoms with Gasteiger partial charge in [-0.15, -0.1) is 0 Å². The van der Waals surface area contributed by atoms with Gasteiger partial charge in [-0.2, -0.15) is 0 Å². The van der Waals surface area contributed by atoms with E-state index < -0.39 is 14.7 Å². The van der Waals surface area contributed by atoms with Crippen LogP contribution in [0, 0.1) is 13.7 Å². The van der Waals surface area contributed by atoms with E-state index in [9.17, 15) is 5.11 Å². The maximum absolute atomic E-state index is 9.89. The van der Waals surface area contributed by atoms with Crippen molar-refractivity contribution in [1.82, 2.24) is 0 Å². The number of furan rings is 1. The Hall–Kier alpha value is -1.20. The predicted molar refractivity (Wildman–Crippen MR) is 111 cm³/mol. The first-order valence-electron chi connectivity index (χ1n) is 7.57. The van der Waals surface area contributed by atoms with Crippen molar-refractivity contribution < 1.29 is 28.4 Å². The van der Waals surface area contributed by atoms with E-state index in [-0.39, 0.29) is 5.75 Å². The Morgan fingerprint density at radius 3 is 2.19 bits per heavy atom. The van der Waals surface area contributed by atoms with E-state index >= 15 is 0 Å². The van der Waals surface area contributed by atoms with Crippen molar-refractivity contribution in [3.8, 4) is 17.1 Å². The second-order valence-electron chi connectivity index (χ2n) is 5.30. The number of benzene rings is 2. The van der Waals surface area contributed by atoms with Crippen molar-refractivity contribution in [3.05, 3.63) is 85.1 Å². The number of halogens is 4. The molecule has 3 rings (SSSR count). The van der Waals surface area contributed by atoms with Gasteiger partial charge in [0.25, 0.3) is 0 Å². The van der Waals surface area contributed by atoms with Gasteiger partial charge in [0, 0.05) is 10.6 Å². The van der Waals surface area contributed by atoms with Crippen LogP contribution in [-0.2, 0) is 14.7 Å². The Kier molecular flexibility index (Phi) is 8.49.